The lowest BCUT2D eigenvalue weighted by Crippen LogP contribution is -2.44. The van der Waals surface area contributed by atoms with E-state index >= 15 is 0 Å². The Morgan fingerprint density at radius 2 is 2.00 bits per heavy atom. The topological polar surface area (TPSA) is 61.4 Å². The highest BCUT2D eigenvalue weighted by Gasteiger charge is 2.22. The zero-order chi connectivity index (χ0) is 20.3. The number of nitrogens with zero attached hydrogens (tertiary/aromatic N) is 3. The predicted molar refractivity (Wildman–Crippen MR) is 133 cm³/mol. The molecule has 0 saturated carbocycles. The Morgan fingerprint density at radius 3 is 2.77 bits per heavy atom. The Kier molecular flexibility index (Phi) is 11.8. The van der Waals surface area contributed by atoms with Gasteiger partial charge in [0.25, 0.3) is 0 Å². The van der Waals surface area contributed by atoms with Crippen LogP contribution in [-0.4, -0.2) is 87.9 Å². The van der Waals surface area contributed by atoms with Gasteiger partial charge in [0.05, 0.1) is 13.2 Å². The summed E-state index contributed by atoms with van der Waals surface area (Å²) in [5.41, 5.74) is 1.15. The summed E-state index contributed by atoms with van der Waals surface area (Å²) < 4.78 is 11.5. The molecular formula is C22H38IN5O2. The monoisotopic (exact) mass is 531 g/mol. The average molecular weight is 531 g/mol. The average Bonchev–Trinajstić information content (AvgIpc) is 3.23. The van der Waals surface area contributed by atoms with E-state index in [2.05, 4.69) is 44.5 Å². The third-order valence-corrected chi connectivity index (χ3v) is 5.82. The second-order valence-corrected chi connectivity index (χ2v) is 7.64. The van der Waals surface area contributed by atoms with E-state index in [9.17, 15) is 0 Å². The lowest BCUT2D eigenvalue weighted by atomic mass is 10.2. The number of likely N-dealkylation sites (tertiary alicyclic amines) is 1. The molecule has 30 heavy (non-hydrogen) atoms. The van der Waals surface area contributed by atoms with E-state index in [4.69, 9.17) is 9.47 Å². The highest BCUT2D eigenvalue weighted by Crippen LogP contribution is 2.18. The standard InChI is InChI=1S/C22H37N5O2.HI/c1-3-27-10-6-8-20(27)18-25-22(23-2)24-17-19-7-4-5-9-21(19)29-16-13-26-11-14-28-15-12-26;/h4-5,7,9,20H,3,6,8,10-18H2,1-2H3,(H2,23,24,25);1H. The lowest BCUT2D eigenvalue weighted by Gasteiger charge is -2.26. The van der Waals surface area contributed by atoms with Crippen LogP contribution in [0, 0.1) is 0 Å². The van der Waals surface area contributed by atoms with E-state index in [-0.39, 0.29) is 24.0 Å². The van der Waals surface area contributed by atoms with E-state index in [0.29, 0.717) is 19.2 Å². The van der Waals surface area contributed by atoms with Gasteiger partial charge in [0.1, 0.15) is 12.4 Å². The van der Waals surface area contributed by atoms with Crippen molar-refractivity contribution >= 4 is 29.9 Å². The fraction of sp³-hybridized carbons (Fsp3) is 0.682. The normalized spacial score (nSPS) is 20.6. The highest BCUT2D eigenvalue weighted by atomic mass is 127. The number of para-hydroxylation sites is 1. The number of hydrogen-bond acceptors (Lipinski definition) is 5. The molecule has 0 bridgehead atoms. The first-order chi connectivity index (χ1) is 14.3. The van der Waals surface area contributed by atoms with Gasteiger partial charge in [-0.25, -0.2) is 0 Å². The van der Waals surface area contributed by atoms with Gasteiger partial charge in [-0.3, -0.25) is 14.8 Å². The number of benzene rings is 1. The van der Waals surface area contributed by atoms with Gasteiger partial charge in [-0.15, -0.1) is 24.0 Å². The zero-order valence-corrected chi connectivity index (χ0v) is 20.8. The molecule has 0 amide bonds. The van der Waals surface area contributed by atoms with Crippen molar-refractivity contribution in [2.45, 2.75) is 32.4 Å². The highest BCUT2D eigenvalue weighted by molar-refractivity contribution is 14.0. The second-order valence-electron chi connectivity index (χ2n) is 7.64. The zero-order valence-electron chi connectivity index (χ0n) is 18.4. The maximum atomic E-state index is 6.09. The minimum atomic E-state index is 0. The minimum Gasteiger partial charge on any atom is -0.492 e. The third kappa shape index (κ3) is 7.86. The molecule has 3 rings (SSSR count). The first-order valence-electron chi connectivity index (χ1n) is 11.0. The molecule has 2 saturated heterocycles. The van der Waals surface area contributed by atoms with Crippen molar-refractivity contribution in [2.24, 2.45) is 4.99 Å². The number of ether oxygens (including phenoxy) is 2. The van der Waals surface area contributed by atoms with Gasteiger partial charge in [0, 0.05) is 51.4 Å². The first-order valence-corrected chi connectivity index (χ1v) is 11.0. The predicted octanol–water partition coefficient (Wildman–Crippen LogP) is 2.16. The summed E-state index contributed by atoms with van der Waals surface area (Å²) in [6.07, 6.45) is 2.55. The third-order valence-electron chi connectivity index (χ3n) is 5.82. The summed E-state index contributed by atoms with van der Waals surface area (Å²) in [5, 5.41) is 6.93. The smallest absolute Gasteiger partial charge is 0.191 e. The fourth-order valence-corrected chi connectivity index (χ4v) is 4.06. The number of guanidine groups is 1. The van der Waals surface area contributed by atoms with Crippen LogP contribution < -0.4 is 15.4 Å². The molecule has 2 aliphatic heterocycles. The molecule has 1 aromatic rings. The van der Waals surface area contributed by atoms with Gasteiger partial charge in [0.2, 0.25) is 0 Å². The molecule has 1 aromatic carbocycles. The van der Waals surface area contributed by atoms with E-state index < -0.39 is 0 Å². The maximum absolute atomic E-state index is 6.09. The van der Waals surface area contributed by atoms with Crippen LogP contribution in [0.15, 0.2) is 29.3 Å². The van der Waals surface area contributed by atoms with Crippen LogP contribution in [0.5, 0.6) is 5.75 Å². The number of morpholine rings is 1. The van der Waals surface area contributed by atoms with Gasteiger partial charge in [-0.2, -0.15) is 0 Å². The summed E-state index contributed by atoms with van der Waals surface area (Å²) in [6.45, 7) is 11.4. The summed E-state index contributed by atoms with van der Waals surface area (Å²) >= 11 is 0. The van der Waals surface area contributed by atoms with Crippen LogP contribution in [0.2, 0.25) is 0 Å². The van der Waals surface area contributed by atoms with E-state index in [1.165, 1.54) is 19.4 Å². The number of nitrogens with one attached hydrogen (secondary N) is 2. The molecule has 0 aromatic heterocycles. The number of rotatable bonds is 9. The maximum Gasteiger partial charge on any atom is 0.191 e. The van der Waals surface area contributed by atoms with Gasteiger partial charge in [-0.05, 0) is 32.0 Å². The van der Waals surface area contributed by atoms with Crippen molar-refractivity contribution in [3.8, 4) is 5.75 Å². The van der Waals surface area contributed by atoms with Crippen LogP contribution in [0.25, 0.3) is 0 Å². The van der Waals surface area contributed by atoms with E-state index in [0.717, 1.165) is 63.2 Å². The van der Waals surface area contributed by atoms with Gasteiger partial charge in [-0.1, -0.05) is 25.1 Å². The molecule has 2 N–H and O–H groups in total. The minimum absolute atomic E-state index is 0. The molecule has 2 fully saturated rings. The van der Waals surface area contributed by atoms with Crippen LogP contribution in [0.3, 0.4) is 0 Å². The van der Waals surface area contributed by atoms with Gasteiger partial charge in [0.15, 0.2) is 5.96 Å². The van der Waals surface area contributed by atoms with Crippen molar-refractivity contribution in [3.63, 3.8) is 0 Å². The molecule has 2 heterocycles. The number of aliphatic imine (C=N–C) groups is 1. The van der Waals surface area contributed by atoms with Crippen LogP contribution >= 0.6 is 24.0 Å². The molecule has 7 nitrogen and oxygen atoms in total. The summed E-state index contributed by atoms with van der Waals surface area (Å²) in [4.78, 5) is 9.31. The first kappa shape index (κ1) is 25.2. The molecule has 1 atom stereocenters. The molecule has 2 aliphatic rings. The SMILES string of the molecule is CCN1CCCC1CNC(=NC)NCc1ccccc1OCCN1CCOCC1.I. The molecule has 0 aliphatic carbocycles. The van der Waals surface area contributed by atoms with Crippen molar-refractivity contribution in [3.05, 3.63) is 29.8 Å². The Morgan fingerprint density at radius 1 is 1.20 bits per heavy atom. The van der Waals surface area contributed by atoms with Gasteiger partial charge >= 0.3 is 0 Å². The summed E-state index contributed by atoms with van der Waals surface area (Å²) in [6, 6.07) is 8.85. The number of likely N-dealkylation sites (N-methyl/N-ethyl adjacent to an activating group) is 1. The van der Waals surface area contributed by atoms with Gasteiger partial charge < -0.3 is 20.1 Å². The van der Waals surface area contributed by atoms with Crippen molar-refractivity contribution in [1.82, 2.24) is 20.4 Å². The Hall–Kier alpha value is -1.10. The molecule has 170 valence electrons. The lowest BCUT2D eigenvalue weighted by molar-refractivity contribution is 0.0322. The van der Waals surface area contributed by atoms with Crippen LogP contribution in [0.1, 0.15) is 25.3 Å². The summed E-state index contributed by atoms with van der Waals surface area (Å²) in [5.74, 6) is 1.78. The van der Waals surface area contributed by atoms with E-state index in [1.807, 2.05) is 19.2 Å². The molecule has 0 spiro atoms. The molecular weight excluding hydrogens is 493 g/mol. The second kappa shape index (κ2) is 14.1. The Bertz CT molecular complexity index is 640. The number of halogens is 1. The Labute approximate surface area is 198 Å². The van der Waals surface area contributed by atoms with Crippen molar-refractivity contribution in [2.75, 3.05) is 66.1 Å². The quantitative estimate of drug-likeness (QED) is 0.290. The largest absolute Gasteiger partial charge is 0.492 e. The van der Waals surface area contributed by atoms with Crippen LogP contribution in [-0.2, 0) is 11.3 Å². The Balaban J connectivity index is 0.00000320. The van der Waals surface area contributed by atoms with Crippen LogP contribution in [0.4, 0.5) is 0 Å². The van der Waals surface area contributed by atoms with Crippen molar-refractivity contribution in [1.29, 1.82) is 0 Å². The molecule has 1 unspecified atom stereocenters. The van der Waals surface area contributed by atoms with E-state index in [1.54, 1.807) is 0 Å². The van der Waals surface area contributed by atoms with Crippen molar-refractivity contribution < 1.29 is 9.47 Å². The summed E-state index contributed by atoms with van der Waals surface area (Å²) in [7, 11) is 1.83. The molecule has 8 heteroatoms. The molecule has 0 radical (unpaired) electrons. The number of hydrogen-bond donors (Lipinski definition) is 2. The fourth-order valence-electron chi connectivity index (χ4n) is 4.06.